The van der Waals surface area contributed by atoms with Gasteiger partial charge in [0.2, 0.25) is 45.4 Å². The molecule has 1 unspecified atom stereocenters. The summed E-state index contributed by atoms with van der Waals surface area (Å²) in [6.07, 6.45) is 5.13. The highest BCUT2D eigenvalue weighted by Crippen LogP contribution is 2.22. The quantitative estimate of drug-likeness (QED) is 0.0129. The van der Waals surface area contributed by atoms with E-state index in [1.807, 2.05) is 6.92 Å². The summed E-state index contributed by atoms with van der Waals surface area (Å²) in [7, 11) is 0. The van der Waals surface area contributed by atoms with Gasteiger partial charge in [-0.05, 0) is 80.6 Å². The molecule has 0 aliphatic carbocycles. The summed E-state index contributed by atoms with van der Waals surface area (Å²) < 4.78 is 64.3. The first kappa shape index (κ1) is 70.5. The molecule has 0 aromatic heterocycles. The largest absolute Gasteiger partial charge is 0.482 e. The third kappa shape index (κ3) is 33.8. The van der Waals surface area contributed by atoms with E-state index in [4.69, 9.17) is 66.7 Å². The number of nitrogens with one attached hydrogen (secondary N) is 1. The van der Waals surface area contributed by atoms with E-state index in [-0.39, 0.29) is 80.7 Å². The second-order valence-electron chi connectivity index (χ2n) is 17.0. The number of carbonyl (C=O) groups is 9. The first-order valence-corrected chi connectivity index (χ1v) is 26.1. The van der Waals surface area contributed by atoms with Crippen molar-refractivity contribution in [1.29, 1.82) is 0 Å². The number of aliphatic hydroxyl groups excluding tert-OH is 1. The predicted octanol–water partition coefficient (Wildman–Crippen LogP) is 6.05. The Balaban J connectivity index is 0.000000461. The van der Waals surface area contributed by atoms with Crippen LogP contribution in [-0.4, -0.2) is 144 Å². The van der Waals surface area contributed by atoms with Crippen LogP contribution in [0.3, 0.4) is 0 Å². The Morgan fingerprint density at radius 3 is 1.02 bits per heavy atom. The lowest BCUT2D eigenvalue weighted by molar-refractivity contribution is -0.171. The van der Waals surface area contributed by atoms with Gasteiger partial charge in [-0.2, -0.15) is 15.0 Å². The maximum absolute atomic E-state index is 11.9. The Kier molecular flexibility index (Phi) is 34.8. The van der Waals surface area contributed by atoms with E-state index >= 15 is 0 Å². The molecular weight excluding hydrogens is 1160 g/mol. The normalized spacial score (nSPS) is 10.3. The number of hydrogen-bond acceptors (Lipinski definition) is 29. The molecule has 1 amide bonds. The van der Waals surface area contributed by atoms with Gasteiger partial charge in [-0.15, -0.1) is 0 Å². The maximum atomic E-state index is 11.9. The van der Waals surface area contributed by atoms with E-state index in [1.165, 1.54) is 42.5 Å². The van der Waals surface area contributed by atoms with E-state index in [2.05, 4.69) is 20.3 Å². The first-order chi connectivity index (χ1) is 42.1. The lowest BCUT2D eigenvalue weighted by atomic mass is 10.1. The molecule has 30 nitrogen and oxygen atoms in total. The fourth-order valence-electron chi connectivity index (χ4n) is 6.14. The van der Waals surface area contributed by atoms with E-state index in [0.29, 0.717) is 42.0 Å². The zero-order valence-corrected chi connectivity index (χ0v) is 46.7. The van der Waals surface area contributed by atoms with Gasteiger partial charge in [0.15, 0.2) is 26.4 Å². The van der Waals surface area contributed by atoms with Crippen molar-refractivity contribution in [2.45, 2.75) is 64.7 Å². The average Bonchev–Trinajstić information content (AvgIpc) is 3.67. The van der Waals surface area contributed by atoms with Crippen molar-refractivity contribution in [2.24, 2.45) is 20.9 Å². The molecule has 464 valence electrons. The van der Waals surface area contributed by atoms with E-state index in [0.717, 1.165) is 0 Å². The number of hydrogen-bond donors (Lipinski definition) is 2. The van der Waals surface area contributed by atoms with Crippen LogP contribution < -0.4 is 24.3 Å². The van der Waals surface area contributed by atoms with Crippen LogP contribution in [0.1, 0.15) is 64.7 Å². The SMILES string of the molecule is CCC(CO)COC(=O)Nc1cccc(OCC(=O)OCOC(=O)CCCCC(=O)OCOC(=O)COc2cccc(N=C=O)c2)c1.O=C=Nc1cccc(OCC(=O)OCOC(=O)CCCCC(=O)OCOC(=O)COc2cccc(N=C=O)c2)c1. The molecule has 1 atom stereocenters. The van der Waals surface area contributed by atoms with Crippen LogP contribution in [0, 0.1) is 5.92 Å². The van der Waals surface area contributed by atoms with Crippen molar-refractivity contribution in [2.75, 3.05) is 72.1 Å². The van der Waals surface area contributed by atoms with Gasteiger partial charge in [0.25, 0.3) is 0 Å². The minimum Gasteiger partial charge on any atom is -0.482 e. The zero-order chi connectivity index (χ0) is 63.3. The summed E-state index contributed by atoms with van der Waals surface area (Å²) in [6, 6.07) is 24.5. The third-order valence-corrected chi connectivity index (χ3v) is 10.6. The van der Waals surface area contributed by atoms with Crippen molar-refractivity contribution in [3.05, 3.63) is 97.1 Å². The van der Waals surface area contributed by atoms with Crippen LogP contribution in [-0.2, 0) is 95.4 Å². The molecule has 0 spiro atoms. The summed E-state index contributed by atoms with van der Waals surface area (Å²) in [5.74, 6) is -4.81. The molecule has 0 bridgehead atoms. The number of anilines is 1. The molecule has 0 heterocycles. The smallest absolute Gasteiger partial charge is 0.411 e. The monoisotopic (exact) mass is 1220 g/mol. The van der Waals surface area contributed by atoms with E-state index in [9.17, 15) is 57.5 Å². The molecular formula is C57H60N4O26. The number of nitrogens with zero attached hydrogens (tertiary/aromatic N) is 3. The van der Waals surface area contributed by atoms with Crippen molar-refractivity contribution in [3.63, 3.8) is 0 Å². The summed E-state index contributed by atoms with van der Waals surface area (Å²) in [5.41, 5.74) is 1.27. The van der Waals surface area contributed by atoms with E-state index < -0.39 is 107 Å². The van der Waals surface area contributed by atoms with Gasteiger partial charge in [0.1, 0.15) is 23.0 Å². The first-order valence-electron chi connectivity index (χ1n) is 26.1. The molecule has 0 saturated heterocycles. The number of carbonyl (C=O) groups excluding carboxylic acids is 12. The summed E-state index contributed by atoms with van der Waals surface area (Å²) >= 11 is 0. The fraction of sp³-hybridized carbons (Fsp3) is 0.368. The number of isocyanates is 3. The average molecular weight is 1220 g/mol. The highest BCUT2D eigenvalue weighted by atomic mass is 16.7. The lowest BCUT2D eigenvalue weighted by Crippen LogP contribution is -2.20. The zero-order valence-electron chi connectivity index (χ0n) is 46.7. The Hall–Kier alpha value is -10.8. The van der Waals surface area contributed by atoms with Gasteiger partial charge >= 0.3 is 53.8 Å². The van der Waals surface area contributed by atoms with Crippen LogP contribution in [0.5, 0.6) is 23.0 Å². The second-order valence-corrected chi connectivity index (χ2v) is 17.0. The van der Waals surface area contributed by atoms with Crippen molar-refractivity contribution >= 4 is 94.8 Å². The Labute approximate surface area is 495 Å². The second kappa shape index (κ2) is 42.9. The summed E-state index contributed by atoms with van der Waals surface area (Å²) in [4.78, 5) is 147. The van der Waals surface area contributed by atoms with Crippen LogP contribution in [0.25, 0.3) is 0 Å². The third-order valence-electron chi connectivity index (χ3n) is 10.6. The van der Waals surface area contributed by atoms with Crippen molar-refractivity contribution < 1.29 is 124 Å². The molecule has 87 heavy (non-hydrogen) atoms. The molecule has 0 radical (unpaired) electrons. The van der Waals surface area contributed by atoms with E-state index in [1.54, 1.807) is 72.8 Å². The number of aliphatic hydroxyl groups is 1. The van der Waals surface area contributed by atoms with Gasteiger partial charge < -0.3 is 66.7 Å². The maximum Gasteiger partial charge on any atom is 0.411 e. The van der Waals surface area contributed by atoms with Crippen molar-refractivity contribution in [3.8, 4) is 23.0 Å². The number of esters is 8. The molecule has 0 saturated carbocycles. The number of rotatable bonds is 38. The molecule has 2 N–H and O–H groups in total. The molecule has 0 fully saturated rings. The molecule has 30 heteroatoms. The standard InChI is InChI=1S/C31H36N2O14.C26H24N2O12/c1-2-22(15-34)16-43-31(40)33-24-8-6-10-26(14-24)42-18-30(39)47-21-45-28(37)12-4-3-11-27(36)44-20-46-29(38)17-41-25-9-5-7-23(13-25)32-19-35;29-15-27-19-5-3-7-21(11-19)35-13-25(33)39-17-37-23(31)9-1-2-10-24(32)38-18-40-26(34)14-36-22-8-4-6-20(12-22)28-16-30/h5-10,13-14,22,34H,2-4,11-12,15-18,20-21H2,1H3,(H,33,40);3-8,11-12H,1-2,9-10,13-14,17-18H2. The molecule has 0 aliphatic rings. The molecule has 4 aromatic rings. The minimum absolute atomic E-state index is 0.0307. The van der Waals surface area contributed by atoms with Crippen LogP contribution in [0.2, 0.25) is 0 Å². The Morgan fingerprint density at radius 1 is 0.425 bits per heavy atom. The Bertz CT molecular complexity index is 2940. The molecule has 4 aromatic carbocycles. The summed E-state index contributed by atoms with van der Waals surface area (Å²) in [6.45, 7) is -2.48. The Morgan fingerprint density at radius 2 is 0.724 bits per heavy atom. The fourth-order valence-corrected chi connectivity index (χ4v) is 6.14. The van der Waals surface area contributed by atoms with Crippen molar-refractivity contribution in [1.82, 2.24) is 0 Å². The van der Waals surface area contributed by atoms with Crippen LogP contribution in [0.4, 0.5) is 27.5 Å². The number of unbranched alkanes of at least 4 members (excludes halogenated alkanes) is 2. The lowest BCUT2D eigenvalue weighted by Gasteiger charge is -2.13. The van der Waals surface area contributed by atoms with Gasteiger partial charge in [0, 0.05) is 68.2 Å². The van der Waals surface area contributed by atoms with Gasteiger partial charge in [-0.1, -0.05) is 31.2 Å². The van der Waals surface area contributed by atoms with Crippen LogP contribution >= 0.6 is 0 Å². The topological polar surface area (TPSA) is 394 Å². The summed E-state index contributed by atoms with van der Waals surface area (Å²) in [5, 5.41) is 11.7. The number of amides is 1. The number of aliphatic imine (C=N–C) groups is 3. The minimum atomic E-state index is -0.807. The van der Waals surface area contributed by atoms with Gasteiger partial charge in [-0.25, -0.2) is 38.4 Å². The molecule has 0 aliphatic heterocycles. The number of benzene rings is 4. The van der Waals surface area contributed by atoms with Gasteiger partial charge in [0.05, 0.1) is 23.7 Å². The molecule has 4 rings (SSSR count). The van der Waals surface area contributed by atoms with Crippen LogP contribution in [0.15, 0.2) is 112 Å². The highest BCUT2D eigenvalue weighted by Gasteiger charge is 2.15. The highest BCUT2D eigenvalue weighted by molar-refractivity contribution is 5.85. The van der Waals surface area contributed by atoms with Gasteiger partial charge in [-0.3, -0.25) is 24.5 Å². The predicted molar refractivity (Wildman–Crippen MR) is 292 cm³/mol. The number of ether oxygens (including phenoxy) is 13.